The molecule has 9 heavy (non-hydrogen) atoms. The standard InChI is InChI=1S/C6H5N3/c1-2-4-9-5-7-8-6(9)3-1/h1-5H/i2D. The van der Waals surface area contributed by atoms with E-state index in [9.17, 15) is 0 Å². The Morgan fingerprint density at radius 1 is 1.67 bits per heavy atom. The van der Waals surface area contributed by atoms with Crippen LogP contribution in [0.4, 0.5) is 0 Å². The molecule has 2 heterocycles. The molecular weight excluding hydrogens is 114 g/mol. The Morgan fingerprint density at radius 2 is 2.67 bits per heavy atom. The maximum absolute atomic E-state index is 7.24. The van der Waals surface area contributed by atoms with Crippen LogP contribution < -0.4 is 0 Å². The highest BCUT2D eigenvalue weighted by Gasteiger charge is 1.87. The maximum atomic E-state index is 7.24. The zero-order valence-electron chi connectivity index (χ0n) is 5.65. The number of pyridine rings is 1. The van der Waals surface area contributed by atoms with E-state index in [2.05, 4.69) is 10.2 Å². The molecule has 0 aliphatic carbocycles. The first-order chi connectivity index (χ1) is 4.86. The van der Waals surface area contributed by atoms with Crippen molar-refractivity contribution >= 4 is 5.65 Å². The molecule has 0 N–H and O–H groups in total. The normalized spacial score (nSPS) is 11.8. The van der Waals surface area contributed by atoms with E-state index in [4.69, 9.17) is 1.37 Å². The van der Waals surface area contributed by atoms with E-state index in [0.717, 1.165) is 5.65 Å². The van der Waals surface area contributed by atoms with Gasteiger partial charge in [0.25, 0.3) is 0 Å². The number of nitrogens with zero attached hydrogens (tertiary/aromatic N) is 3. The molecule has 44 valence electrons. The molecule has 0 aliphatic heterocycles. The van der Waals surface area contributed by atoms with E-state index in [0.29, 0.717) is 6.04 Å². The Bertz CT molecular complexity index is 355. The molecule has 0 saturated heterocycles. The van der Waals surface area contributed by atoms with Crippen LogP contribution in [-0.4, -0.2) is 14.6 Å². The van der Waals surface area contributed by atoms with Crippen LogP contribution in [0.1, 0.15) is 1.37 Å². The summed E-state index contributed by atoms with van der Waals surface area (Å²) in [7, 11) is 0. The van der Waals surface area contributed by atoms with Crippen molar-refractivity contribution in [2.45, 2.75) is 0 Å². The highest BCUT2D eigenvalue weighted by molar-refractivity contribution is 5.34. The van der Waals surface area contributed by atoms with Gasteiger partial charge in [-0.05, 0) is 12.1 Å². The van der Waals surface area contributed by atoms with Crippen LogP contribution in [0.2, 0.25) is 0 Å². The fourth-order valence-corrected chi connectivity index (χ4v) is 0.716. The lowest BCUT2D eigenvalue weighted by atomic mass is 10.5. The van der Waals surface area contributed by atoms with E-state index >= 15 is 0 Å². The molecule has 0 aromatic carbocycles. The number of hydrogen-bond donors (Lipinski definition) is 0. The SMILES string of the molecule is [2H]c1ccc2nncn2c1. The molecule has 3 heteroatoms. The largest absolute Gasteiger partial charge is 0.289 e. The summed E-state index contributed by atoms with van der Waals surface area (Å²) in [6.45, 7) is 0. The van der Waals surface area contributed by atoms with Gasteiger partial charge in [-0.25, -0.2) is 0 Å². The van der Waals surface area contributed by atoms with Crippen molar-refractivity contribution in [1.82, 2.24) is 14.6 Å². The van der Waals surface area contributed by atoms with Crippen LogP contribution in [-0.2, 0) is 0 Å². The average Bonchev–Trinajstić information content (AvgIpc) is 2.33. The van der Waals surface area contributed by atoms with E-state index in [1.807, 2.05) is 0 Å². The number of hydrogen-bond acceptors (Lipinski definition) is 2. The second-order valence-corrected chi connectivity index (χ2v) is 1.73. The van der Waals surface area contributed by atoms with Crippen LogP contribution in [0.5, 0.6) is 0 Å². The summed E-state index contributed by atoms with van der Waals surface area (Å²) >= 11 is 0. The van der Waals surface area contributed by atoms with Gasteiger partial charge in [-0.2, -0.15) is 0 Å². The van der Waals surface area contributed by atoms with E-state index in [-0.39, 0.29) is 0 Å². The van der Waals surface area contributed by atoms with Crippen molar-refractivity contribution in [1.29, 1.82) is 0 Å². The van der Waals surface area contributed by atoms with Crippen LogP contribution in [0, 0.1) is 0 Å². The molecule has 0 radical (unpaired) electrons. The van der Waals surface area contributed by atoms with Gasteiger partial charge in [-0.1, -0.05) is 6.07 Å². The predicted octanol–water partition coefficient (Wildman–Crippen LogP) is 0.729. The first-order valence-corrected chi connectivity index (χ1v) is 2.62. The third kappa shape index (κ3) is 0.579. The third-order valence-electron chi connectivity index (χ3n) is 1.14. The molecule has 2 rings (SSSR count). The lowest BCUT2D eigenvalue weighted by Gasteiger charge is -1.84. The van der Waals surface area contributed by atoms with E-state index in [1.165, 1.54) is 0 Å². The smallest absolute Gasteiger partial charge is 0.160 e. The minimum atomic E-state index is 0.465. The second-order valence-electron chi connectivity index (χ2n) is 1.73. The van der Waals surface area contributed by atoms with Crippen molar-refractivity contribution in [3.8, 4) is 0 Å². The molecule has 0 atom stereocenters. The Morgan fingerprint density at radius 3 is 3.67 bits per heavy atom. The van der Waals surface area contributed by atoms with Gasteiger partial charge in [-0.15, -0.1) is 10.2 Å². The molecule has 0 bridgehead atoms. The van der Waals surface area contributed by atoms with E-state index in [1.54, 1.807) is 29.1 Å². The lowest BCUT2D eigenvalue weighted by Crippen LogP contribution is -1.77. The molecule has 3 nitrogen and oxygen atoms in total. The zero-order chi connectivity index (χ0) is 6.97. The monoisotopic (exact) mass is 120 g/mol. The summed E-state index contributed by atoms with van der Waals surface area (Å²) in [4.78, 5) is 0. The average molecular weight is 120 g/mol. The van der Waals surface area contributed by atoms with Gasteiger partial charge in [0, 0.05) is 6.20 Å². The minimum Gasteiger partial charge on any atom is -0.289 e. The highest BCUT2D eigenvalue weighted by atomic mass is 15.2. The van der Waals surface area contributed by atoms with Crippen molar-refractivity contribution < 1.29 is 1.37 Å². The Kier molecular flexibility index (Phi) is 0.621. The topological polar surface area (TPSA) is 30.2 Å². The van der Waals surface area contributed by atoms with Gasteiger partial charge in [-0.3, -0.25) is 4.40 Å². The summed E-state index contributed by atoms with van der Waals surface area (Å²) in [5.74, 6) is 0. The first-order valence-electron chi connectivity index (χ1n) is 3.12. The Hall–Kier alpha value is -1.38. The van der Waals surface area contributed by atoms with Crippen molar-refractivity contribution in [3.05, 3.63) is 30.7 Å². The quantitative estimate of drug-likeness (QED) is 0.513. The molecule has 2 aromatic rings. The van der Waals surface area contributed by atoms with Crippen LogP contribution >= 0.6 is 0 Å². The van der Waals surface area contributed by atoms with Gasteiger partial charge in [0.2, 0.25) is 0 Å². The van der Waals surface area contributed by atoms with Crippen molar-refractivity contribution in [2.75, 3.05) is 0 Å². The molecule has 0 fully saturated rings. The fourth-order valence-electron chi connectivity index (χ4n) is 0.716. The summed E-state index contributed by atoms with van der Waals surface area (Å²) in [6, 6.07) is 3.91. The zero-order valence-corrected chi connectivity index (χ0v) is 4.65. The van der Waals surface area contributed by atoms with Gasteiger partial charge in [0.15, 0.2) is 5.65 Å². The predicted molar refractivity (Wildman–Crippen MR) is 33.0 cm³/mol. The van der Waals surface area contributed by atoms with Gasteiger partial charge >= 0.3 is 0 Å². The van der Waals surface area contributed by atoms with Crippen molar-refractivity contribution in [3.63, 3.8) is 0 Å². The summed E-state index contributed by atoms with van der Waals surface area (Å²) in [5, 5.41) is 7.46. The minimum absolute atomic E-state index is 0.465. The van der Waals surface area contributed by atoms with Gasteiger partial charge < -0.3 is 0 Å². The van der Waals surface area contributed by atoms with Crippen LogP contribution in [0.25, 0.3) is 5.65 Å². The van der Waals surface area contributed by atoms with Gasteiger partial charge in [0.1, 0.15) is 6.33 Å². The fraction of sp³-hybridized carbons (Fsp3) is 0. The first kappa shape index (κ1) is 3.61. The molecule has 0 spiro atoms. The van der Waals surface area contributed by atoms with Crippen LogP contribution in [0.3, 0.4) is 0 Å². The van der Waals surface area contributed by atoms with Crippen LogP contribution in [0.15, 0.2) is 30.7 Å². The summed E-state index contributed by atoms with van der Waals surface area (Å²) in [5.41, 5.74) is 0.774. The molecule has 0 unspecified atom stereocenters. The van der Waals surface area contributed by atoms with Gasteiger partial charge in [0.05, 0.1) is 1.37 Å². The highest BCUT2D eigenvalue weighted by Crippen LogP contribution is 1.94. The lowest BCUT2D eigenvalue weighted by molar-refractivity contribution is 1.10. The Labute approximate surface area is 53.4 Å². The summed E-state index contributed by atoms with van der Waals surface area (Å²) < 4.78 is 8.95. The molecule has 0 aliphatic rings. The molecule has 0 saturated carbocycles. The Balaban J connectivity index is 2.86. The molecule has 0 amide bonds. The van der Waals surface area contributed by atoms with E-state index < -0.39 is 0 Å². The number of aromatic nitrogens is 3. The maximum Gasteiger partial charge on any atom is 0.160 e. The molecular formula is C6H5N3. The van der Waals surface area contributed by atoms with Crippen molar-refractivity contribution in [2.24, 2.45) is 0 Å². The number of fused-ring (bicyclic) bond motifs is 1. The third-order valence-corrected chi connectivity index (χ3v) is 1.14. The second kappa shape index (κ2) is 1.55. The molecule has 2 aromatic heterocycles. The summed E-state index contributed by atoms with van der Waals surface area (Å²) in [6.07, 6.45) is 3.24. The number of rotatable bonds is 0.